The van der Waals surface area contributed by atoms with E-state index in [1.165, 1.54) is 11.3 Å². The van der Waals surface area contributed by atoms with E-state index in [2.05, 4.69) is 40.8 Å². The van der Waals surface area contributed by atoms with Crippen molar-refractivity contribution in [2.24, 2.45) is 0 Å². The molecule has 3 rings (SSSR count). The maximum Gasteiger partial charge on any atom is 0.229 e. The normalized spacial score (nSPS) is 19.7. The Kier molecular flexibility index (Phi) is 4.35. The summed E-state index contributed by atoms with van der Waals surface area (Å²) in [5.74, 6) is 1.90. The van der Waals surface area contributed by atoms with Gasteiger partial charge in [-0.15, -0.1) is 11.3 Å². The van der Waals surface area contributed by atoms with E-state index < -0.39 is 0 Å². The molecule has 114 valence electrons. The fourth-order valence-corrected chi connectivity index (χ4v) is 3.59. The summed E-state index contributed by atoms with van der Waals surface area (Å²) < 4.78 is 5.36. The van der Waals surface area contributed by atoms with E-state index in [0.717, 1.165) is 43.3 Å². The van der Waals surface area contributed by atoms with Crippen molar-refractivity contribution in [1.82, 2.24) is 20.0 Å². The van der Waals surface area contributed by atoms with Gasteiger partial charge in [0, 0.05) is 17.3 Å². The third-order valence-corrected chi connectivity index (χ3v) is 5.08. The molecule has 0 aromatic carbocycles. The van der Waals surface area contributed by atoms with Gasteiger partial charge in [-0.25, -0.2) is 4.98 Å². The molecule has 0 bridgehead atoms. The molecule has 5 nitrogen and oxygen atoms in total. The first-order valence-corrected chi connectivity index (χ1v) is 8.49. The van der Waals surface area contributed by atoms with Crippen molar-refractivity contribution < 1.29 is 4.52 Å². The predicted octanol–water partition coefficient (Wildman–Crippen LogP) is 3.34. The van der Waals surface area contributed by atoms with Crippen molar-refractivity contribution >= 4 is 11.3 Å². The van der Waals surface area contributed by atoms with Gasteiger partial charge in [-0.1, -0.05) is 19.0 Å². The predicted molar refractivity (Wildman–Crippen MR) is 82.5 cm³/mol. The Labute approximate surface area is 129 Å². The molecule has 0 unspecified atom stereocenters. The summed E-state index contributed by atoms with van der Waals surface area (Å²) >= 11 is 1.75. The lowest BCUT2D eigenvalue weighted by Gasteiger charge is -2.21. The smallest absolute Gasteiger partial charge is 0.229 e. The molecular weight excluding hydrogens is 284 g/mol. The first-order chi connectivity index (χ1) is 10.1. The fourth-order valence-electron chi connectivity index (χ4n) is 2.81. The van der Waals surface area contributed by atoms with E-state index in [1.54, 1.807) is 11.3 Å². The quantitative estimate of drug-likeness (QED) is 0.848. The van der Waals surface area contributed by atoms with Gasteiger partial charge in [0.15, 0.2) is 5.82 Å². The topological polar surface area (TPSA) is 55.1 Å². The molecule has 2 aromatic rings. The Balaban J connectivity index is 1.66. The maximum atomic E-state index is 5.36. The highest BCUT2D eigenvalue weighted by atomic mass is 32.1. The molecule has 0 saturated carbocycles. The molecule has 21 heavy (non-hydrogen) atoms. The van der Waals surface area contributed by atoms with E-state index in [-0.39, 0.29) is 0 Å². The van der Waals surface area contributed by atoms with Crippen molar-refractivity contribution in [3.63, 3.8) is 0 Å². The highest BCUT2D eigenvalue weighted by Gasteiger charge is 2.30. The fraction of sp³-hybridized carbons (Fsp3) is 0.667. The average molecular weight is 306 g/mol. The first kappa shape index (κ1) is 14.7. The van der Waals surface area contributed by atoms with E-state index >= 15 is 0 Å². The monoisotopic (exact) mass is 306 g/mol. The largest absolute Gasteiger partial charge is 0.339 e. The second-order valence-corrected chi connectivity index (χ2v) is 6.89. The Morgan fingerprint density at radius 3 is 3.00 bits per heavy atom. The SMILES string of the molecule is Cc1ncsc1CCN1CCC[C@@H]1c1noc(C(C)C)n1. The van der Waals surface area contributed by atoms with Crippen LogP contribution in [-0.4, -0.2) is 33.1 Å². The van der Waals surface area contributed by atoms with Crippen LogP contribution in [-0.2, 0) is 6.42 Å². The number of aryl methyl sites for hydroxylation is 1. The number of nitrogens with zero attached hydrogens (tertiary/aromatic N) is 4. The van der Waals surface area contributed by atoms with Gasteiger partial charge in [-0.05, 0) is 32.7 Å². The number of aromatic nitrogens is 3. The molecule has 1 fully saturated rings. The van der Waals surface area contributed by atoms with Crippen LogP contribution >= 0.6 is 11.3 Å². The molecule has 1 atom stereocenters. The lowest BCUT2D eigenvalue weighted by atomic mass is 10.2. The van der Waals surface area contributed by atoms with Crippen LogP contribution in [0.25, 0.3) is 0 Å². The van der Waals surface area contributed by atoms with E-state index in [4.69, 9.17) is 4.52 Å². The number of thiazole rings is 1. The maximum absolute atomic E-state index is 5.36. The molecule has 2 aromatic heterocycles. The number of likely N-dealkylation sites (tertiary alicyclic amines) is 1. The van der Waals surface area contributed by atoms with E-state index in [0.29, 0.717) is 12.0 Å². The Bertz CT molecular complexity index is 592. The molecule has 3 heterocycles. The molecule has 1 saturated heterocycles. The molecular formula is C15H22N4OS. The third kappa shape index (κ3) is 3.16. The van der Waals surface area contributed by atoms with Gasteiger partial charge < -0.3 is 4.52 Å². The average Bonchev–Trinajstić information content (AvgIpc) is 3.16. The summed E-state index contributed by atoms with van der Waals surface area (Å²) in [6, 6.07) is 0.314. The zero-order valence-corrected chi connectivity index (χ0v) is 13.7. The first-order valence-electron chi connectivity index (χ1n) is 7.61. The summed E-state index contributed by atoms with van der Waals surface area (Å²) in [6.45, 7) is 8.40. The standard InChI is InChI=1S/C15H22N4OS/c1-10(2)15-17-14(18-20-15)12-5-4-7-19(12)8-6-13-11(3)16-9-21-13/h9-10,12H,4-8H2,1-3H3/t12-/m1/s1. The highest BCUT2D eigenvalue weighted by Crippen LogP contribution is 2.31. The number of hydrogen-bond donors (Lipinski definition) is 0. The van der Waals surface area contributed by atoms with Crippen LogP contribution in [0.1, 0.15) is 60.9 Å². The van der Waals surface area contributed by atoms with Gasteiger partial charge in [-0.3, -0.25) is 4.90 Å². The molecule has 1 aliphatic heterocycles. The van der Waals surface area contributed by atoms with Crippen LogP contribution in [0.3, 0.4) is 0 Å². The van der Waals surface area contributed by atoms with E-state index in [9.17, 15) is 0 Å². The van der Waals surface area contributed by atoms with Crippen LogP contribution in [0.4, 0.5) is 0 Å². The summed E-state index contributed by atoms with van der Waals surface area (Å²) in [4.78, 5) is 12.8. The second-order valence-electron chi connectivity index (χ2n) is 5.95. The van der Waals surface area contributed by atoms with Gasteiger partial charge in [0.05, 0.1) is 17.2 Å². The summed E-state index contributed by atoms with van der Waals surface area (Å²) in [7, 11) is 0. The molecule has 0 N–H and O–H groups in total. The Hall–Kier alpha value is -1.27. The van der Waals surface area contributed by atoms with Crippen molar-refractivity contribution in [1.29, 1.82) is 0 Å². The van der Waals surface area contributed by atoms with Crippen LogP contribution < -0.4 is 0 Å². The number of rotatable bonds is 5. The zero-order chi connectivity index (χ0) is 14.8. The molecule has 0 radical (unpaired) electrons. The van der Waals surface area contributed by atoms with Crippen molar-refractivity contribution in [3.8, 4) is 0 Å². The highest BCUT2D eigenvalue weighted by molar-refractivity contribution is 7.09. The van der Waals surface area contributed by atoms with Crippen LogP contribution in [0.2, 0.25) is 0 Å². The minimum absolute atomic E-state index is 0.293. The minimum atomic E-state index is 0.293. The van der Waals surface area contributed by atoms with E-state index in [1.807, 2.05) is 5.51 Å². The molecule has 1 aliphatic rings. The van der Waals surface area contributed by atoms with Crippen LogP contribution in [0.15, 0.2) is 10.0 Å². The van der Waals surface area contributed by atoms with Gasteiger partial charge in [-0.2, -0.15) is 4.98 Å². The van der Waals surface area contributed by atoms with Gasteiger partial charge in [0.25, 0.3) is 0 Å². The second kappa shape index (κ2) is 6.23. The molecule has 0 aliphatic carbocycles. The number of hydrogen-bond acceptors (Lipinski definition) is 6. The third-order valence-electron chi connectivity index (χ3n) is 4.08. The summed E-state index contributed by atoms with van der Waals surface area (Å²) in [5, 5.41) is 4.19. The summed E-state index contributed by atoms with van der Waals surface area (Å²) in [5.41, 5.74) is 3.10. The summed E-state index contributed by atoms with van der Waals surface area (Å²) in [6.07, 6.45) is 3.39. The van der Waals surface area contributed by atoms with Crippen LogP contribution in [0.5, 0.6) is 0 Å². The molecule has 0 amide bonds. The van der Waals surface area contributed by atoms with Crippen molar-refractivity contribution in [3.05, 3.63) is 27.8 Å². The molecule has 0 spiro atoms. The van der Waals surface area contributed by atoms with Gasteiger partial charge in [0.2, 0.25) is 5.89 Å². The van der Waals surface area contributed by atoms with Gasteiger partial charge in [0.1, 0.15) is 0 Å². The van der Waals surface area contributed by atoms with Crippen molar-refractivity contribution in [2.75, 3.05) is 13.1 Å². The van der Waals surface area contributed by atoms with Crippen molar-refractivity contribution in [2.45, 2.75) is 52.0 Å². The lowest BCUT2D eigenvalue weighted by Crippen LogP contribution is -2.26. The Morgan fingerprint density at radius 2 is 2.33 bits per heavy atom. The Morgan fingerprint density at radius 1 is 1.48 bits per heavy atom. The van der Waals surface area contributed by atoms with Gasteiger partial charge >= 0.3 is 0 Å². The zero-order valence-electron chi connectivity index (χ0n) is 12.9. The van der Waals surface area contributed by atoms with Crippen LogP contribution in [0, 0.1) is 6.92 Å². The molecule has 6 heteroatoms. The minimum Gasteiger partial charge on any atom is -0.339 e. The lowest BCUT2D eigenvalue weighted by molar-refractivity contribution is 0.245.